The third kappa shape index (κ3) is 3.91. The van der Waals surface area contributed by atoms with Gasteiger partial charge in [0.05, 0.1) is 12.2 Å². The van der Waals surface area contributed by atoms with Crippen molar-refractivity contribution in [3.05, 3.63) is 80.9 Å². The molecule has 1 saturated heterocycles. The van der Waals surface area contributed by atoms with E-state index in [0.717, 1.165) is 33.5 Å². The summed E-state index contributed by atoms with van der Waals surface area (Å²) in [5.41, 5.74) is -1.00. The quantitative estimate of drug-likeness (QED) is 0.699. The van der Waals surface area contributed by atoms with Gasteiger partial charge in [-0.05, 0) is 42.2 Å². The Morgan fingerprint density at radius 3 is 2.73 bits per heavy atom. The van der Waals surface area contributed by atoms with E-state index >= 15 is 0 Å². The number of amides is 1. The molecule has 0 aliphatic carbocycles. The summed E-state index contributed by atoms with van der Waals surface area (Å²) in [7, 11) is 0. The zero-order valence-electron chi connectivity index (χ0n) is 16.5. The van der Waals surface area contributed by atoms with Gasteiger partial charge in [0.2, 0.25) is 11.7 Å². The molecule has 2 atom stereocenters. The summed E-state index contributed by atoms with van der Waals surface area (Å²) in [6.07, 6.45) is 1.51. The number of ether oxygens (including phenoxy) is 1. The van der Waals surface area contributed by atoms with Crippen molar-refractivity contribution in [1.82, 2.24) is 14.5 Å². The fourth-order valence-corrected chi connectivity index (χ4v) is 3.70. The molecule has 1 aliphatic rings. The lowest BCUT2D eigenvalue weighted by Crippen LogP contribution is -2.45. The Kier molecular flexibility index (Phi) is 5.50. The van der Waals surface area contributed by atoms with Crippen LogP contribution in [0.3, 0.4) is 0 Å². The standard InChI is InChI=1S/C22H22FN3O4/c1-14(16-9-8-15-5-2-3-6-17(15)11-16)24-19(27)13-26-21(28)18(23)12-25(22(26)29)20-7-4-10-30-20/h2-3,5-6,8-9,11-12,14,20H,4,7,10,13H2,1H3,(H,24,27). The molecule has 7 nitrogen and oxygen atoms in total. The largest absolute Gasteiger partial charge is 0.358 e. The minimum absolute atomic E-state index is 0.355. The van der Waals surface area contributed by atoms with Gasteiger partial charge < -0.3 is 10.1 Å². The zero-order chi connectivity index (χ0) is 21.3. The van der Waals surface area contributed by atoms with Crippen LogP contribution in [0.2, 0.25) is 0 Å². The fourth-order valence-electron chi connectivity index (χ4n) is 3.70. The Balaban J connectivity index is 1.54. The third-order valence-electron chi connectivity index (χ3n) is 5.32. The number of aromatic nitrogens is 2. The Bertz CT molecular complexity index is 1210. The molecule has 0 saturated carbocycles. The highest BCUT2D eigenvalue weighted by molar-refractivity contribution is 5.83. The summed E-state index contributed by atoms with van der Waals surface area (Å²) in [5.74, 6) is -1.65. The van der Waals surface area contributed by atoms with Crippen molar-refractivity contribution in [2.24, 2.45) is 0 Å². The molecular weight excluding hydrogens is 389 g/mol. The van der Waals surface area contributed by atoms with Crippen molar-refractivity contribution in [3.8, 4) is 0 Å². The van der Waals surface area contributed by atoms with Crippen molar-refractivity contribution in [1.29, 1.82) is 0 Å². The van der Waals surface area contributed by atoms with E-state index < -0.39 is 35.7 Å². The van der Waals surface area contributed by atoms with Gasteiger partial charge in [0, 0.05) is 6.61 Å². The lowest BCUT2D eigenvalue weighted by atomic mass is 10.0. The molecule has 1 aromatic heterocycles. The summed E-state index contributed by atoms with van der Waals surface area (Å²) in [5, 5.41) is 4.89. The van der Waals surface area contributed by atoms with Crippen molar-refractivity contribution in [3.63, 3.8) is 0 Å². The number of carbonyl (C=O) groups is 1. The third-order valence-corrected chi connectivity index (χ3v) is 5.32. The molecule has 156 valence electrons. The van der Waals surface area contributed by atoms with Gasteiger partial charge in [-0.15, -0.1) is 0 Å². The monoisotopic (exact) mass is 411 g/mol. The molecule has 8 heteroatoms. The molecule has 3 aromatic rings. The van der Waals surface area contributed by atoms with Gasteiger partial charge in [-0.1, -0.05) is 36.4 Å². The van der Waals surface area contributed by atoms with Crippen molar-refractivity contribution in [2.75, 3.05) is 6.61 Å². The predicted octanol–water partition coefficient (Wildman–Crippen LogP) is 2.49. The van der Waals surface area contributed by atoms with E-state index in [9.17, 15) is 18.8 Å². The molecule has 2 unspecified atom stereocenters. The molecule has 30 heavy (non-hydrogen) atoms. The Hall–Kier alpha value is -3.26. The van der Waals surface area contributed by atoms with Crippen LogP contribution in [0.1, 0.15) is 37.6 Å². The second-order valence-corrected chi connectivity index (χ2v) is 7.42. The van der Waals surface area contributed by atoms with Gasteiger partial charge in [0.25, 0.3) is 5.56 Å². The summed E-state index contributed by atoms with van der Waals surface area (Å²) >= 11 is 0. The van der Waals surface area contributed by atoms with Crippen LogP contribution >= 0.6 is 0 Å². The van der Waals surface area contributed by atoms with E-state index in [2.05, 4.69) is 5.32 Å². The molecule has 1 N–H and O–H groups in total. The number of hydrogen-bond acceptors (Lipinski definition) is 4. The topological polar surface area (TPSA) is 82.3 Å². The van der Waals surface area contributed by atoms with E-state index in [1.54, 1.807) is 6.92 Å². The van der Waals surface area contributed by atoms with Gasteiger partial charge in [-0.3, -0.25) is 14.2 Å². The highest BCUT2D eigenvalue weighted by atomic mass is 19.1. The first-order valence-electron chi connectivity index (χ1n) is 9.85. The first kappa shape index (κ1) is 20.0. The molecule has 2 heterocycles. The van der Waals surface area contributed by atoms with E-state index in [0.29, 0.717) is 17.6 Å². The Morgan fingerprint density at radius 1 is 1.23 bits per heavy atom. The van der Waals surface area contributed by atoms with Gasteiger partial charge in [-0.25, -0.2) is 9.36 Å². The molecule has 1 aliphatic heterocycles. The number of rotatable bonds is 5. The normalized spacial score (nSPS) is 17.2. The fraction of sp³-hybridized carbons (Fsp3) is 0.318. The first-order valence-corrected chi connectivity index (χ1v) is 9.85. The number of nitrogens with zero attached hydrogens (tertiary/aromatic N) is 2. The minimum Gasteiger partial charge on any atom is -0.358 e. The van der Waals surface area contributed by atoms with Gasteiger partial charge in [0.1, 0.15) is 12.8 Å². The van der Waals surface area contributed by atoms with Crippen LogP contribution in [0.15, 0.2) is 58.3 Å². The summed E-state index contributed by atoms with van der Waals surface area (Å²) in [6.45, 7) is 1.70. The van der Waals surface area contributed by atoms with Crippen molar-refractivity contribution >= 4 is 16.7 Å². The first-order chi connectivity index (χ1) is 14.4. The number of hydrogen-bond donors (Lipinski definition) is 1. The molecule has 2 aromatic carbocycles. The van der Waals surface area contributed by atoms with E-state index in [-0.39, 0.29) is 6.04 Å². The molecular formula is C22H22FN3O4. The van der Waals surface area contributed by atoms with Crippen LogP contribution in [0, 0.1) is 5.82 Å². The van der Waals surface area contributed by atoms with Crippen LogP contribution in [0.5, 0.6) is 0 Å². The second kappa shape index (κ2) is 8.23. The molecule has 1 amide bonds. The van der Waals surface area contributed by atoms with E-state index in [1.165, 1.54) is 0 Å². The zero-order valence-corrected chi connectivity index (χ0v) is 16.5. The number of fused-ring (bicyclic) bond motifs is 1. The van der Waals surface area contributed by atoms with Crippen LogP contribution in [-0.4, -0.2) is 21.6 Å². The van der Waals surface area contributed by atoms with Crippen LogP contribution in [0.25, 0.3) is 10.8 Å². The predicted molar refractivity (Wildman–Crippen MR) is 110 cm³/mol. The number of nitrogens with one attached hydrogen (secondary N) is 1. The average Bonchev–Trinajstić information content (AvgIpc) is 3.28. The summed E-state index contributed by atoms with van der Waals surface area (Å²) in [4.78, 5) is 37.3. The molecule has 1 fully saturated rings. The lowest BCUT2D eigenvalue weighted by molar-refractivity contribution is -0.122. The van der Waals surface area contributed by atoms with Gasteiger partial charge >= 0.3 is 5.69 Å². The van der Waals surface area contributed by atoms with E-state index in [4.69, 9.17) is 4.74 Å². The highest BCUT2D eigenvalue weighted by Crippen LogP contribution is 2.21. The lowest BCUT2D eigenvalue weighted by Gasteiger charge is -2.17. The number of carbonyl (C=O) groups excluding carboxylic acids is 1. The van der Waals surface area contributed by atoms with Crippen molar-refractivity contribution in [2.45, 2.75) is 38.6 Å². The van der Waals surface area contributed by atoms with Crippen molar-refractivity contribution < 1.29 is 13.9 Å². The molecule has 0 radical (unpaired) electrons. The molecule has 0 bridgehead atoms. The van der Waals surface area contributed by atoms with E-state index in [1.807, 2.05) is 42.5 Å². The SMILES string of the molecule is CC(NC(=O)Cn1c(=O)c(F)cn(C2CCCO2)c1=O)c1ccc2ccccc2c1. The number of halogens is 1. The number of benzene rings is 2. The highest BCUT2D eigenvalue weighted by Gasteiger charge is 2.23. The maximum atomic E-state index is 14.1. The summed E-state index contributed by atoms with van der Waals surface area (Å²) in [6, 6.07) is 13.4. The Labute approximate surface area is 171 Å². The summed E-state index contributed by atoms with van der Waals surface area (Å²) < 4.78 is 21.2. The Morgan fingerprint density at radius 2 is 2.00 bits per heavy atom. The molecule has 4 rings (SSSR count). The molecule has 0 spiro atoms. The maximum absolute atomic E-state index is 14.1. The second-order valence-electron chi connectivity index (χ2n) is 7.42. The smallest absolute Gasteiger partial charge is 0.333 e. The van der Waals surface area contributed by atoms with Crippen LogP contribution < -0.4 is 16.6 Å². The van der Waals surface area contributed by atoms with Gasteiger partial charge in [-0.2, -0.15) is 4.39 Å². The average molecular weight is 411 g/mol. The van der Waals surface area contributed by atoms with Crippen LogP contribution in [-0.2, 0) is 16.1 Å². The maximum Gasteiger partial charge on any atom is 0.333 e. The van der Waals surface area contributed by atoms with Gasteiger partial charge in [0.15, 0.2) is 0 Å². The van der Waals surface area contributed by atoms with Crippen LogP contribution in [0.4, 0.5) is 4.39 Å². The minimum atomic E-state index is -1.12.